The highest BCUT2D eigenvalue weighted by molar-refractivity contribution is 7.92. The van der Waals surface area contributed by atoms with Crippen LogP contribution in [0.15, 0.2) is 123 Å². The lowest BCUT2D eigenvalue weighted by Gasteiger charge is -2.37. The van der Waals surface area contributed by atoms with Crippen LogP contribution in [0, 0.1) is 17.8 Å². The zero-order valence-corrected chi connectivity index (χ0v) is 83.9. The zero-order chi connectivity index (χ0) is 106. The van der Waals surface area contributed by atoms with Crippen molar-refractivity contribution >= 4 is 133 Å². The monoisotopic (exact) mass is 2060 g/mol. The van der Waals surface area contributed by atoms with Gasteiger partial charge in [-0.3, -0.25) is 62.5 Å². The Morgan fingerprint density at radius 1 is 0.548 bits per heavy atom. The fourth-order valence-corrected chi connectivity index (χ4v) is 18.1. The molecule has 1 fully saturated rings. The maximum atomic E-state index is 14.5. The number of ether oxygens (including phenoxy) is 8. The van der Waals surface area contributed by atoms with Gasteiger partial charge in [0, 0.05) is 111 Å². The Hall–Kier alpha value is -13.5. The molecule has 9 rings (SSSR count). The molecule has 8 atom stereocenters. The van der Waals surface area contributed by atoms with Crippen molar-refractivity contribution < 1.29 is 134 Å². The summed E-state index contributed by atoms with van der Waals surface area (Å²) in [7, 11) is -4.19. The van der Waals surface area contributed by atoms with Crippen LogP contribution in [0.25, 0.3) is 5.70 Å². The minimum atomic E-state index is -4.19. The number of aliphatic imine (C=N–C) groups is 1. The number of hydrogen-bond donors (Lipinski definition) is 16. The molecule has 5 aliphatic rings. The van der Waals surface area contributed by atoms with Crippen LogP contribution >= 0.6 is 0 Å². The number of carbonyl (C=O) groups is 15. The fourth-order valence-electron chi connectivity index (χ4n) is 17.0. The van der Waals surface area contributed by atoms with E-state index < -0.39 is 142 Å². The molecule has 1 aromatic heterocycles. The number of amides is 13. The van der Waals surface area contributed by atoms with Crippen molar-refractivity contribution in [2.45, 2.75) is 223 Å². The maximum Gasteiger partial charge on any atom is 0.355 e. The number of carboxylic acid groups (broad SMARTS) is 3. The van der Waals surface area contributed by atoms with Crippen LogP contribution in [0.1, 0.15) is 198 Å². The van der Waals surface area contributed by atoms with Gasteiger partial charge in [0.15, 0.2) is 0 Å². The van der Waals surface area contributed by atoms with Crippen LogP contribution in [0.3, 0.4) is 0 Å². The number of carbonyl (C=O) groups excluding carboxylic acids is 12. The van der Waals surface area contributed by atoms with Gasteiger partial charge in [0.1, 0.15) is 30.8 Å². The molecule has 0 radical (unpaired) electrons. The number of likely N-dealkylation sites (tertiary alicyclic amines) is 1. The number of unbranched alkanes of at least 4 members (excludes halogenated alkanes) is 5. The van der Waals surface area contributed by atoms with Crippen LogP contribution in [0.2, 0.25) is 0 Å². The Morgan fingerprint density at radius 3 is 1.75 bits per heavy atom. The van der Waals surface area contributed by atoms with E-state index in [-0.39, 0.29) is 232 Å². The molecule has 798 valence electrons. The lowest BCUT2D eigenvalue weighted by Crippen LogP contribution is -2.57. The predicted molar refractivity (Wildman–Crippen MR) is 534 cm³/mol. The van der Waals surface area contributed by atoms with E-state index in [0.717, 1.165) is 37.0 Å². The van der Waals surface area contributed by atoms with Gasteiger partial charge in [0.05, 0.1) is 127 Å². The van der Waals surface area contributed by atoms with Gasteiger partial charge in [-0.15, -0.1) is 0 Å². The summed E-state index contributed by atoms with van der Waals surface area (Å²) in [6.45, 7) is 11.8. The first kappa shape index (κ1) is 116. The van der Waals surface area contributed by atoms with E-state index in [4.69, 9.17) is 48.0 Å². The largest absolute Gasteiger partial charge is 0.481 e. The van der Waals surface area contributed by atoms with E-state index in [1.54, 1.807) is 31.4 Å². The van der Waals surface area contributed by atoms with Crippen molar-refractivity contribution in [1.82, 2.24) is 57.3 Å². The molecule has 16 N–H and O–H groups in total. The van der Waals surface area contributed by atoms with E-state index in [1.165, 1.54) is 77.7 Å². The number of anilines is 4. The van der Waals surface area contributed by atoms with E-state index >= 15 is 0 Å². The third-order valence-electron chi connectivity index (χ3n) is 24.5. The number of fused-ring (bicyclic) bond motifs is 4. The van der Waals surface area contributed by atoms with Crippen molar-refractivity contribution in [2.75, 3.05) is 139 Å². The van der Waals surface area contributed by atoms with Crippen LogP contribution in [-0.4, -0.2) is 271 Å². The summed E-state index contributed by atoms with van der Waals surface area (Å²) in [5, 5.41) is 60.7. The molecule has 1 aliphatic carbocycles. The van der Waals surface area contributed by atoms with Gasteiger partial charge in [0.25, 0.3) is 15.6 Å². The topological polar surface area (TPSA) is 619 Å². The van der Waals surface area contributed by atoms with Crippen molar-refractivity contribution in [3.63, 3.8) is 0 Å². The average molecular weight is 2060 g/mol. The predicted octanol–water partition coefficient (Wildman–Crippen LogP) is 7.06. The summed E-state index contributed by atoms with van der Waals surface area (Å²) < 4.78 is 76.0. The molecule has 4 aliphatic heterocycles. The second-order valence-corrected chi connectivity index (χ2v) is 37.4. The summed E-state index contributed by atoms with van der Waals surface area (Å²) in [6.07, 6.45) is 13.4. The molecule has 1 saturated heterocycles. The van der Waals surface area contributed by atoms with Crippen LogP contribution in [0.4, 0.5) is 37.1 Å². The van der Waals surface area contributed by atoms with E-state index in [1.807, 2.05) is 25.2 Å². The van der Waals surface area contributed by atoms with Gasteiger partial charge >= 0.3 is 47.9 Å². The molecule has 13 amide bonds. The van der Waals surface area contributed by atoms with Gasteiger partial charge in [-0.05, 0) is 160 Å². The van der Waals surface area contributed by atoms with Gasteiger partial charge in [-0.1, -0.05) is 90.3 Å². The second-order valence-electron chi connectivity index (χ2n) is 35.7. The number of allylic oxidation sites excluding steroid dienone is 5. The minimum absolute atomic E-state index is 0.0321. The lowest BCUT2D eigenvalue weighted by molar-refractivity contribution is -0.191. The number of nitrogens with zero attached hydrogens (tertiary/aromatic N) is 3. The molecule has 46 heteroatoms. The smallest absolute Gasteiger partial charge is 0.355 e. The van der Waals surface area contributed by atoms with Crippen LogP contribution in [0.5, 0.6) is 0 Å². The normalized spacial score (nSPS) is 16.6. The summed E-state index contributed by atoms with van der Waals surface area (Å²) in [5.74, 6) is -9.55. The number of benzene rings is 3. The Morgan fingerprint density at radius 2 is 1.12 bits per heavy atom. The van der Waals surface area contributed by atoms with Gasteiger partial charge in [0.2, 0.25) is 47.0 Å². The molecule has 5 heterocycles. The molecule has 0 spiro atoms. The highest BCUT2D eigenvalue weighted by atomic mass is 32.2. The molecule has 0 saturated carbocycles. The molecule has 45 nitrogen and oxygen atoms in total. The molecule has 3 aromatic carbocycles. The van der Waals surface area contributed by atoms with Crippen LogP contribution in [-0.2, 0) is 124 Å². The number of sulfonamides is 1. The SMILES string of the molecule is CCCNC(=O)Nc1cccc(S(=O)(=O)Nc2cccc(C(CC(=O)O)NC(=O)Nc3ccc(NC(=O)NCCOCCOCCOCCC(=O)NC(CCCCNC(=O)CCCC(=O)NCCOCCOCCOCCC(=O)NC(CC(=O)O)C(=O)N4CCCC4C(=O)NC(C(=O)OC4(CC)C(=O)OCc5c4cc4n(c5=O)CC5=C4N=C4C=CC=CC4C5CC)C(C)C)C(=O)NCCCCCCCC(=O)O)cc3)c2)c1. The average Bonchev–Trinajstić information content (AvgIpc) is 1.53. The van der Waals surface area contributed by atoms with Crippen LogP contribution < -0.4 is 74.1 Å². The molecule has 146 heavy (non-hydrogen) atoms. The first-order valence-electron chi connectivity index (χ1n) is 49.7. The van der Waals surface area contributed by atoms with Gasteiger partial charge in [-0.2, -0.15) is 0 Å². The Balaban J connectivity index is 0.575. The third kappa shape index (κ3) is 37.2. The van der Waals surface area contributed by atoms with Gasteiger partial charge < -0.3 is 126 Å². The van der Waals surface area contributed by atoms with E-state index in [0.29, 0.717) is 80.9 Å². The Kier molecular flexibility index (Phi) is 48.0. The Bertz CT molecular complexity index is 5480. The zero-order valence-electron chi connectivity index (χ0n) is 83.1. The number of urea groups is 3. The summed E-state index contributed by atoms with van der Waals surface area (Å²) in [5.41, 5.74) is 2.04. The number of aliphatic carboxylic acids is 3. The molecular formula is C100H138N16O29S. The van der Waals surface area contributed by atoms with Gasteiger partial charge in [-0.25, -0.2) is 32.4 Å². The lowest BCUT2D eigenvalue weighted by atomic mass is 9.76. The molecule has 8 unspecified atom stereocenters. The summed E-state index contributed by atoms with van der Waals surface area (Å²) in [4.78, 5) is 215. The Labute approximate surface area is 846 Å². The molecule has 0 bridgehead atoms. The highest BCUT2D eigenvalue weighted by Crippen LogP contribution is 2.46. The van der Waals surface area contributed by atoms with E-state index in [2.05, 4.69) is 81.5 Å². The first-order chi connectivity index (χ1) is 70.2. The number of pyridine rings is 1. The maximum absolute atomic E-state index is 14.5. The number of aromatic nitrogens is 1. The minimum Gasteiger partial charge on any atom is -0.481 e. The quantitative estimate of drug-likeness (QED) is 0.0155. The number of rotatable bonds is 66. The van der Waals surface area contributed by atoms with Crippen molar-refractivity contribution in [1.29, 1.82) is 0 Å². The number of esters is 2. The third-order valence-corrected chi connectivity index (χ3v) is 25.9. The standard InChI is InChI=1S/C100H138N16O29S/c1-6-39-104-97(133)108-68-23-19-25-70(58-68)146(136,137)114-69-24-18-22-65(57-69)78(60-87(123)124)112-99(135)107-67-35-33-66(34-36-67)106-98(134)105-43-48-141-52-56-143-53-49-138-45-37-84(119)109-77(91(127)103-41-16-11-9-10-12-32-86(121)122)28-15-17-40-101-82(117)30-20-31-83(118)102-42-47-140-51-55-142-54-50-139-46-38-85(120)110-79(61-88(125)126)94(130)115-44-21-29-80(115)92(128)113-89(64(4)5)95(131)145-100(8-3)75-59-81-90-73(62-116(81)93(129)74(75)63-144-96(100)132)71(7-2)72-26-13-14-27-76(72)111-90/h13-14,18-19,22-27,33-36,57-59,64,71-72,77-80,89,114H,6-12,15-17,20-21,28-32,37-56,60-63H2,1-5H3,(H,101,117)(H,102,118)(H,103,127)(H,109,119)(H,110,120)(H,113,128)(H,121,122)(H,123,124)(H,125,126)(H2,104,108,133)(H2,105,106,134)(H2,107,112,135). The fraction of sp³-hybridized carbons (Fsp3) is 0.550. The van der Waals surface area contributed by atoms with Crippen molar-refractivity contribution in [2.24, 2.45) is 22.7 Å². The number of cyclic esters (lactones) is 1. The number of carboxylic acids is 3. The second kappa shape index (κ2) is 60.4. The molecule has 4 aromatic rings. The summed E-state index contributed by atoms with van der Waals surface area (Å²) in [6, 6.07) is 11.3. The first-order valence-corrected chi connectivity index (χ1v) is 51.2. The highest BCUT2D eigenvalue weighted by Gasteiger charge is 2.53. The number of nitrogens with one attached hydrogen (secondary N) is 13. The van der Waals surface area contributed by atoms with E-state index in [9.17, 15) is 95.3 Å². The van der Waals surface area contributed by atoms with Crippen molar-refractivity contribution in [3.05, 3.63) is 141 Å². The summed E-state index contributed by atoms with van der Waals surface area (Å²) >= 11 is 0. The molecular weight excluding hydrogens is 1920 g/mol. The van der Waals surface area contributed by atoms with Crippen molar-refractivity contribution in [3.8, 4) is 0 Å². The number of hydrogen-bond acceptors (Lipinski definition) is 27.